The Balaban J connectivity index is 3.83. The number of nitrogens with two attached hydrogens (primary N) is 1. The third kappa shape index (κ3) is 5.94. The first-order chi connectivity index (χ1) is 6.61. The van der Waals surface area contributed by atoms with Gasteiger partial charge in [0.25, 0.3) is 0 Å². The number of nitrogens with zero attached hydrogens (tertiary/aromatic N) is 1. The van der Waals surface area contributed by atoms with Crippen LogP contribution in [-0.2, 0) is 4.79 Å². The van der Waals surface area contributed by atoms with Crippen molar-refractivity contribution in [2.45, 2.75) is 46.1 Å². The highest BCUT2D eigenvalue weighted by Gasteiger charge is 2.12. The van der Waals surface area contributed by atoms with E-state index in [0.29, 0.717) is 12.6 Å². The van der Waals surface area contributed by atoms with E-state index < -0.39 is 0 Å². The molecule has 0 heterocycles. The van der Waals surface area contributed by atoms with E-state index >= 15 is 0 Å². The second-order valence-electron chi connectivity index (χ2n) is 3.84. The molecular formula is C10H23N3O. The number of unbranched alkanes of at least 4 members (excludes halogenated alkanes) is 2. The Morgan fingerprint density at radius 2 is 2.07 bits per heavy atom. The standard InChI is InChI=1S/C10H23N3O/c1-4-5-6-7-13(9(2)3)8-10(14)12-11/h9H,4-8,11H2,1-3H3,(H,12,14). The van der Waals surface area contributed by atoms with E-state index in [1.54, 1.807) is 0 Å². The molecule has 0 spiro atoms. The molecule has 0 aliphatic carbocycles. The first-order valence-corrected chi connectivity index (χ1v) is 5.35. The van der Waals surface area contributed by atoms with Gasteiger partial charge in [-0.25, -0.2) is 5.84 Å². The third-order valence-corrected chi connectivity index (χ3v) is 2.29. The second kappa shape index (κ2) is 7.76. The lowest BCUT2D eigenvalue weighted by molar-refractivity contribution is -0.122. The van der Waals surface area contributed by atoms with E-state index in [4.69, 9.17) is 5.84 Å². The Bertz CT molecular complexity index is 159. The van der Waals surface area contributed by atoms with Gasteiger partial charge in [-0.05, 0) is 26.8 Å². The highest BCUT2D eigenvalue weighted by atomic mass is 16.2. The van der Waals surface area contributed by atoms with Crippen LogP contribution in [0.4, 0.5) is 0 Å². The maximum absolute atomic E-state index is 11.1. The van der Waals surface area contributed by atoms with Gasteiger partial charge in [0.2, 0.25) is 5.91 Å². The molecule has 0 saturated heterocycles. The Morgan fingerprint density at radius 1 is 1.43 bits per heavy atom. The Morgan fingerprint density at radius 3 is 2.50 bits per heavy atom. The van der Waals surface area contributed by atoms with Crippen LogP contribution in [0.1, 0.15) is 40.0 Å². The van der Waals surface area contributed by atoms with Crippen LogP contribution < -0.4 is 11.3 Å². The molecule has 84 valence electrons. The third-order valence-electron chi connectivity index (χ3n) is 2.29. The van der Waals surface area contributed by atoms with E-state index in [9.17, 15) is 4.79 Å². The van der Waals surface area contributed by atoms with Crippen LogP contribution in [0.15, 0.2) is 0 Å². The number of hydrogen-bond acceptors (Lipinski definition) is 3. The van der Waals surface area contributed by atoms with E-state index in [1.807, 2.05) is 0 Å². The van der Waals surface area contributed by atoms with Crippen molar-refractivity contribution in [3.63, 3.8) is 0 Å². The molecule has 0 rings (SSSR count). The first-order valence-electron chi connectivity index (χ1n) is 5.35. The van der Waals surface area contributed by atoms with Gasteiger partial charge in [-0.2, -0.15) is 0 Å². The second-order valence-corrected chi connectivity index (χ2v) is 3.84. The molecule has 4 nitrogen and oxygen atoms in total. The summed E-state index contributed by atoms with van der Waals surface area (Å²) >= 11 is 0. The predicted molar refractivity (Wildman–Crippen MR) is 58.6 cm³/mol. The number of carbonyl (C=O) groups excluding carboxylic acids is 1. The van der Waals surface area contributed by atoms with Crippen LogP contribution in [0, 0.1) is 0 Å². The molecule has 0 aromatic heterocycles. The summed E-state index contributed by atoms with van der Waals surface area (Å²) in [6.45, 7) is 7.73. The highest BCUT2D eigenvalue weighted by Crippen LogP contribution is 2.02. The Hall–Kier alpha value is -0.610. The average Bonchev–Trinajstić information content (AvgIpc) is 2.16. The molecule has 0 bridgehead atoms. The molecule has 0 aliphatic heterocycles. The van der Waals surface area contributed by atoms with Gasteiger partial charge in [0.05, 0.1) is 6.54 Å². The number of amides is 1. The van der Waals surface area contributed by atoms with E-state index in [2.05, 4.69) is 31.1 Å². The largest absolute Gasteiger partial charge is 0.293 e. The summed E-state index contributed by atoms with van der Waals surface area (Å²) in [6.07, 6.45) is 3.56. The lowest BCUT2D eigenvalue weighted by Crippen LogP contribution is -2.43. The quantitative estimate of drug-likeness (QED) is 0.278. The predicted octanol–water partition coefficient (Wildman–Crippen LogP) is 0.877. The number of hydrazine groups is 1. The monoisotopic (exact) mass is 201 g/mol. The smallest absolute Gasteiger partial charge is 0.248 e. The van der Waals surface area contributed by atoms with Gasteiger partial charge < -0.3 is 0 Å². The fourth-order valence-corrected chi connectivity index (χ4v) is 1.31. The van der Waals surface area contributed by atoms with Gasteiger partial charge in [-0.1, -0.05) is 19.8 Å². The molecule has 0 aliphatic rings. The molecule has 3 N–H and O–H groups in total. The summed E-state index contributed by atoms with van der Waals surface area (Å²) in [6, 6.07) is 0.393. The minimum Gasteiger partial charge on any atom is -0.293 e. The number of carbonyl (C=O) groups is 1. The van der Waals surface area contributed by atoms with Crippen LogP contribution in [0.3, 0.4) is 0 Å². The van der Waals surface area contributed by atoms with Crippen molar-refractivity contribution in [3.05, 3.63) is 0 Å². The van der Waals surface area contributed by atoms with Crippen molar-refractivity contribution >= 4 is 5.91 Å². The lowest BCUT2D eigenvalue weighted by Gasteiger charge is -2.25. The minimum absolute atomic E-state index is 0.116. The summed E-state index contributed by atoms with van der Waals surface area (Å²) in [4.78, 5) is 13.2. The molecule has 0 aromatic rings. The van der Waals surface area contributed by atoms with Gasteiger partial charge >= 0.3 is 0 Å². The zero-order valence-electron chi connectivity index (χ0n) is 9.55. The summed E-state index contributed by atoms with van der Waals surface area (Å²) in [5, 5.41) is 0. The van der Waals surface area contributed by atoms with Gasteiger partial charge in [0.15, 0.2) is 0 Å². The molecule has 0 fully saturated rings. The summed E-state index contributed by atoms with van der Waals surface area (Å²) < 4.78 is 0. The number of nitrogens with one attached hydrogen (secondary N) is 1. The molecule has 0 radical (unpaired) electrons. The normalized spacial score (nSPS) is 11.0. The summed E-state index contributed by atoms with van der Waals surface area (Å²) in [5.74, 6) is 4.93. The van der Waals surface area contributed by atoms with Crippen LogP contribution in [0.25, 0.3) is 0 Å². The van der Waals surface area contributed by atoms with Crippen molar-refractivity contribution in [1.29, 1.82) is 0 Å². The summed E-state index contributed by atoms with van der Waals surface area (Å²) in [7, 11) is 0. The molecule has 14 heavy (non-hydrogen) atoms. The molecule has 0 atom stereocenters. The minimum atomic E-state index is -0.116. The summed E-state index contributed by atoms with van der Waals surface area (Å²) in [5.41, 5.74) is 2.16. The molecule has 1 amide bonds. The van der Waals surface area contributed by atoms with Gasteiger partial charge in [-0.15, -0.1) is 0 Å². The van der Waals surface area contributed by atoms with E-state index in [0.717, 1.165) is 13.0 Å². The van der Waals surface area contributed by atoms with Crippen molar-refractivity contribution < 1.29 is 4.79 Å². The lowest BCUT2D eigenvalue weighted by atomic mass is 10.2. The zero-order chi connectivity index (χ0) is 11.0. The topological polar surface area (TPSA) is 58.4 Å². The van der Waals surface area contributed by atoms with Crippen LogP contribution in [-0.4, -0.2) is 29.9 Å². The van der Waals surface area contributed by atoms with Gasteiger partial charge in [0, 0.05) is 6.04 Å². The van der Waals surface area contributed by atoms with Crippen molar-refractivity contribution in [1.82, 2.24) is 10.3 Å². The maximum atomic E-state index is 11.1. The molecule has 4 heteroatoms. The maximum Gasteiger partial charge on any atom is 0.248 e. The van der Waals surface area contributed by atoms with Crippen LogP contribution >= 0.6 is 0 Å². The SMILES string of the molecule is CCCCCN(CC(=O)NN)C(C)C. The van der Waals surface area contributed by atoms with E-state index in [1.165, 1.54) is 12.8 Å². The van der Waals surface area contributed by atoms with Crippen molar-refractivity contribution in [2.24, 2.45) is 5.84 Å². The average molecular weight is 201 g/mol. The van der Waals surface area contributed by atoms with E-state index in [-0.39, 0.29) is 5.91 Å². The van der Waals surface area contributed by atoms with Crippen LogP contribution in [0.5, 0.6) is 0 Å². The van der Waals surface area contributed by atoms with Crippen molar-refractivity contribution in [3.8, 4) is 0 Å². The zero-order valence-corrected chi connectivity index (χ0v) is 9.55. The van der Waals surface area contributed by atoms with Gasteiger partial charge in [0.1, 0.15) is 0 Å². The molecular weight excluding hydrogens is 178 g/mol. The van der Waals surface area contributed by atoms with Crippen molar-refractivity contribution in [2.75, 3.05) is 13.1 Å². The highest BCUT2D eigenvalue weighted by molar-refractivity contribution is 5.77. The Labute approximate surface area is 86.8 Å². The first kappa shape index (κ1) is 13.4. The fourth-order valence-electron chi connectivity index (χ4n) is 1.31. The fraction of sp³-hybridized carbons (Fsp3) is 0.900. The Kier molecular flexibility index (Phi) is 7.42. The molecule has 0 aromatic carbocycles. The number of rotatable bonds is 7. The molecule has 0 saturated carbocycles. The number of hydrogen-bond donors (Lipinski definition) is 2. The van der Waals surface area contributed by atoms with Gasteiger partial charge in [-0.3, -0.25) is 15.1 Å². The van der Waals surface area contributed by atoms with Crippen LogP contribution in [0.2, 0.25) is 0 Å². The molecule has 0 unspecified atom stereocenters.